The van der Waals surface area contributed by atoms with Gasteiger partial charge >= 0.3 is 12.1 Å². The molecule has 33 heavy (non-hydrogen) atoms. The Kier molecular flexibility index (Phi) is 10.8. The number of alkyl halides is 2. The van der Waals surface area contributed by atoms with Gasteiger partial charge in [0, 0.05) is 37.0 Å². The number of nitrogens with one attached hydrogen (secondary N) is 1. The fraction of sp³-hybridized carbons (Fsp3) is 0.348. The van der Waals surface area contributed by atoms with E-state index in [9.17, 15) is 14.4 Å². The highest BCUT2D eigenvalue weighted by atomic mass is 35.5. The minimum atomic E-state index is -1.12. The summed E-state index contributed by atoms with van der Waals surface area (Å²) in [5.74, 6) is 0.160. The molecule has 0 spiro atoms. The molecule has 8 nitrogen and oxygen atoms in total. The fourth-order valence-electron chi connectivity index (χ4n) is 2.98. The molecule has 2 aromatic rings. The Morgan fingerprint density at radius 3 is 2.24 bits per heavy atom. The first kappa shape index (κ1) is 26.3. The van der Waals surface area contributed by atoms with Crippen molar-refractivity contribution in [2.24, 2.45) is 5.73 Å². The highest BCUT2D eigenvalue weighted by Crippen LogP contribution is 2.20. The molecule has 0 bridgehead atoms. The van der Waals surface area contributed by atoms with E-state index < -0.39 is 24.0 Å². The topological polar surface area (TPSA) is 111 Å². The number of primary amides is 1. The summed E-state index contributed by atoms with van der Waals surface area (Å²) >= 11 is 11.7. The van der Waals surface area contributed by atoms with E-state index in [1.165, 1.54) is 0 Å². The van der Waals surface area contributed by atoms with E-state index in [2.05, 4.69) is 5.32 Å². The smallest absolute Gasteiger partial charge is 0.413 e. The van der Waals surface area contributed by atoms with Gasteiger partial charge in [-0.25, -0.2) is 9.59 Å². The van der Waals surface area contributed by atoms with E-state index in [1.807, 2.05) is 17.9 Å². The van der Waals surface area contributed by atoms with Gasteiger partial charge in [0.2, 0.25) is 5.91 Å². The number of nitrogens with zero attached hydrogens (tertiary/aromatic N) is 1. The molecule has 2 rings (SSSR count). The van der Waals surface area contributed by atoms with Gasteiger partial charge < -0.3 is 25.4 Å². The summed E-state index contributed by atoms with van der Waals surface area (Å²) in [5.41, 5.74) is 6.98. The van der Waals surface area contributed by atoms with E-state index >= 15 is 0 Å². The Balaban J connectivity index is 2.02. The molecule has 2 aromatic carbocycles. The van der Waals surface area contributed by atoms with Crippen LogP contribution in [0.25, 0.3) is 0 Å². The van der Waals surface area contributed by atoms with Crippen molar-refractivity contribution < 1.29 is 23.9 Å². The first-order valence-corrected chi connectivity index (χ1v) is 11.4. The Morgan fingerprint density at radius 1 is 1.00 bits per heavy atom. The van der Waals surface area contributed by atoms with Crippen LogP contribution in [0.4, 0.5) is 10.5 Å². The second kappa shape index (κ2) is 13.5. The summed E-state index contributed by atoms with van der Waals surface area (Å²) in [6, 6.07) is 12.6. The first-order valence-electron chi connectivity index (χ1n) is 10.3. The molecule has 178 valence electrons. The zero-order valence-corrected chi connectivity index (χ0v) is 19.8. The van der Waals surface area contributed by atoms with Gasteiger partial charge in [0.15, 0.2) is 0 Å². The number of aryl methyl sites for hydroxylation is 1. The maximum atomic E-state index is 12.6. The number of nitrogens with two attached hydrogens (primary N) is 1. The second-order valence-electron chi connectivity index (χ2n) is 7.19. The molecule has 0 aliphatic rings. The van der Waals surface area contributed by atoms with Crippen LogP contribution in [0.1, 0.15) is 18.4 Å². The zero-order valence-electron chi connectivity index (χ0n) is 18.3. The Morgan fingerprint density at radius 2 is 1.67 bits per heavy atom. The average Bonchev–Trinajstić information content (AvgIpc) is 2.77. The lowest BCUT2D eigenvalue weighted by molar-refractivity contribution is -0.136. The minimum Gasteiger partial charge on any atom is -0.425 e. The molecule has 0 unspecified atom stereocenters. The molecular formula is C23H27Cl2N3O5. The minimum absolute atomic E-state index is 0.0279. The fourth-order valence-corrected chi connectivity index (χ4v) is 3.39. The standard InChI is InChI=1S/C23H27Cl2N3O5/c1-16-3-2-4-19(15-16)32-22(30)20(9-10-21(26)29)27-23(31)33-18-7-5-17(6-8-18)28(13-11-24)14-12-25/h2-8,15,20H,9-14H2,1H3,(H2,26,29)(H,27,31)/t20-/m0/s1. The Labute approximate surface area is 202 Å². The van der Waals surface area contributed by atoms with Crippen LogP contribution in [0.5, 0.6) is 11.5 Å². The second-order valence-corrected chi connectivity index (χ2v) is 7.94. The number of hydrogen-bond donors (Lipinski definition) is 2. The molecule has 0 saturated carbocycles. The van der Waals surface area contributed by atoms with Crippen molar-refractivity contribution in [2.45, 2.75) is 25.8 Å². The maximum Gasteiger partial charge on any atom is 0.413 e. The maximum absolute atomic E-state index is 12.6. The number of amides is 2. The number of carbonyl (C=O) groups is 3. The monoisotopic (exact) mass is 495 g/mol. The molecule has 10 heteroatoms. The summed E-state index contributed by atoms with van der Waals surface area (Å²) in [4.78, 5) is 38.2. The van der Waals surface area contributed by atoms with Gasteiger partial charge in [-0.05, 0) is 55.3 Å². The lowest BCUT2D eigenvalue weighted by atomic mass is 10.1. The zero-order chi connectivity index (χ0) is 24.2. The average molecular weight is 496 g/mol. The van der Waals surface area contributed by atoms with Crippen LogP contribution in [0.3, 0.4) is 0 Å². The van der Waals surface area contributed by atoms with Gasteiger partial charge in [0.1, 0.15) is 17.5 Å². The van der Waals surface area contributed by atoms with E-state index in [0.717, 1.165) is 11.3 Å². The van der Waals surface area contributed by atoms with E-state index in [1.54, 1.807) is 42.5 Å². The van der Waals surface area contributed by atoms with E-state index in [0.29, 0.717) is 30.6 Å². The number of ether oxygens (including phenoxy) is 2. The van der Waals surface area contributed by atoms with Crippen molar-refractivity contribution in [1.29, 1.82) is 0 Å². The van der Waals surface area contributed by atoms with E-state index in [-0.39, 0.29) is 18.6 Å². The number of benzene rings is 2. The van der Waals surface area contributed by atoms with Crippen molar-refractivity contribution in [3.05, 3.63) is 54.1 Å². The van der Waals surface area contributed by atoms with Crippen LogP contribution in [0.15, 0.2) is 48.5 Å². The number of hydrogen-bond acceptors (Lipinski definition) is 6. The van der Waals surface area contributed by atoms with Gasteiger partial charge in [-0.1, -0.05) is 12.1 Å². The third-order valence-electron chi connectivity index (χ3n) is 4.59. The molecule has 3 N–H and O–H groups in total. The van der Waals surface area contributed by atoms with Gasteiger partial charge in [-0.15, -0.1) is 23.2 Å². The van der Waals surface area contributed by atoms with Crippen LogP contribution in [-0.2, 0) is 9.59 Å². The molecule has 0 aliphatic heterocycles. The van der Waals surface area contributed by atoms with Gasteiger partial charge in [0.05, 0.1) is 0 Å². The highest BCUT2D eigenvalue weighted by Gasteiger charge is 2.24. The number of carbonyl (C=O) groups excluding carboxylic acids is 3. The van der Waals surface area contributed by atoms with Crippen LogP contribution in [0, 0.1) is 6.92 Å². The van der Waals surface area contributed by atoms with Gasteiger partial charge in [0.25, 0.3) is 0 Å². The largest absolute Gasteiger partial charge is 0.425 e. The van der Waals surface area contributed by atoms with Crippen molar-refractivity contribution in [1.82, 2.24) is 5.32 Å². The molecule has 0 fully saturated rings. The molecule has 2 amide bonds. The van der Waals surface area contributed by atoms with Crippen LogP contribution < -0.4 is 25.4 Å². The quantitative estimate of drug-likeness (QED) is 0.264. The predicted molar refractivity (Wildman–Crippen MR) is 128 cm³/mol. The summed E-state index contributed by atoms with van der Waals surface area (Å²) in [7, 11) is 0. The molecule has 1 atom stereocenters. The molecule has 0 aliphatic carbocycles. The van der Waals surface area contributed by atoms with Crippen LogP contribution in [0.2, 0.25) is 0 Å². The SMILES string of the molecule is Cc1cccc(OC(=O)[C@H](CCC(N)=O)NC(=O)Oc2ccc(N(CCCl)CCCl)cc2)c1. The van der Waals surface area contributed by atoms with Crippen LogP contribution >= 0.6 is 23.2 Å². The summed E-state index contributed by atoms with van der Waals surface area (Å²) in [6.07, 6.45) is -1.00. The Bertz CT molecular complexity index is 934. The number of esters is 1. The number of rotatable bonds is 12. The molecule has 0 saturated heterocycles. The third kappa shape index (κ3) is 9.19. The summed E-state index contributed by atoms with van der Waals surface area (Å²) in [5, 5.41) is 2.44. The molecule has 0 heterocycles. The first-order chi connectivity index (χ1) is 15.8. The van der Waals surface area contributed by atoms with Gasteiger partial charge in [-0.2, -0.15) is 0 Å². The molecular weight excluding hydrogens is 469 g/mol. The normalized spacial score (nSPS) is 11.4. The number of anilines is 1. The lowest BCUT2D eigenvalue weighted by Gasteiger charge is -2.23. The summed E-state index contributed by atoms with van der Waals surface area (Å²) < 4.78 is 10.6. The van der Waals surface area contributed by atoms with Crippen molar-refractivity contribution in [2.75, 3.05) is 29.7 Å². The Hall–Kier alpha value is -2.97. The summed E-state index contributed by atoms with van der Waals surface area (Å²) in [6.45, 7) is 3.10. The molecule has 0 aromatic heterocycles. The van der Waals surface area contributed by atoms with Crippen LogP contribution in [-0.4, -0.2) is 48.9 Å². The van der Waals surface area contributed by atoms with Gasteiger partial charge in [-0.3, -0.25) is 4.79 Å². The van der Waals surface area contributed by atoms with Crippen molar-refractivity contribution in [3.63, 3.8) is 0 Å². The third-order valence-corrected chi connectivity index (χ3v) is 4.92. The predicted octanol–water partition coefficient (Wildman–Crippen LogP) is 3.61. The molecule has 0 radical (unpaired) electrons. The van der Waals surface area contributed by atoms with Crippen molar-refractivity contribution in [3.8, 4) is 11.5 Å². The highest BCUT2D eigenvalue weighted by molar-refractivity contribution is 6.18. The van der Waals surface area contributed by atoms with E-state index in [4.69, 9.17) is 38.4 Å². The van der Waals surface area contributed by atoms with Crippen molar-refractivity contribution >= 4 is 46.9 Å². The number of halogens is 2. The lowest BCUT2D eigenvalue weighted by Crippen LogP contribution is -2.44.